The standard InChI is InChI=1S/C16H14N2O3/c17-12-6-8-13(9-7-12)18-15(19)10-14(16(20)21)11-4-2-1-3-5-11/h1-10H,17H2,(H,18,19)(H,20,21)/b14-10+. The van der Waals surface area contributed by atoms with E-state index in [4.69, 9.17) is 5.73 Å². The summed E-state index contributed by atoms with van der Waals surface area (Å²) >= 11 is 0. The molecule has 5 heteroatoms. The smallest absolute Gasteiger partial charge is 0.336 e. The van der Waals surface area contributed by atoms with E-state index >= 15 is 0 Å². The highest BCUT2D eigenvalue weighted by molar-refractivity contribution is 6.21. The quantitative estimate of drug-likeness (QED) is 0.593. The monoisotopic (exact) mass is 282 g/mol. The van der Waals surface area contributed by atoms with E-state index < -0.39 is 11.9 Å². The number of hydrogen-bond donors (Lipinski definition) is 3. The van der Waals surface area contributed by atoms with Gasteiger partial charge in [-0.1, -0.05) is 30.3 Å². The van der Waals surface area contributed by atoms with Crippen LogP contribution in [0, 0.1) is 0 Å². The molecule has 0 spiro atoms. The Labute approximate surface area is 121 Å². The maximum absolute atomic E-state index is 11.9. The molecule has 5 nitrogen and oxygen atoms in total. The van der Waals surface area contributed by atoms with Crippen molar-refractivity contribution < 1.29 is 14.7 Å². The summed E-state index contributed by atoms with van der Waals surface area (Å²) in [5.74, 6) is -1.67. The predicted octanol–water partition coefficient (Wildman–Crippen LogP) is 2.38. The second-order valence-corrected chi connectivity index (χ2v) is 4.34. The van der Waals surface area contributed by atoms with Gasteiger partial charge in [-0.25, -0.2) is 4.79 Å². The number of nitrogens with one attached hydrogen (secondary N) is 1. The van der Waals surface area contributed by atoms with Crippen LogP contribution in [-0.2, 0) is 9.59 Å². The van der Waals surface area contributed by atoms with Crippen LogP contribution >= 0.6 is 0 Å². The zero-order chi connectivity index (χ0) is 15.2. The summed E-state index contributed by atoms with van der Waals surface area (Å²) in [4.78, 5) is 23.2. The van der Waals surface area contributed by atoms with Crippen molar-refractivity contribution in [3.63, 3.8) is 0 Å². The number of nitrogen functional groups attached to an aromatic ring is 1. The summed E-state index contributed by atoms with van der Waals surface area (Å²) in [5, 5.41) is 11.8. The van der Waals surface area contributed by atoms with Crippen LogP contribution in [-0.4, -0.2) is 17.0 Å². The van der Waals surface area contributed by atoms with Crippen LogP contribution < -0.4 is 11.1 Å². The van der Waals surface area contributed by atoms with Crippen LogP contribution in [0.25, 0.3) is 5.57 Å². The largest absolute Gasteiger partial charge is 0.478 e. The summed E-state index contributed by atoms with van der Waals surface area (Å²) < 4.78 is 0. The van der Waals surface area contributed by atoms with Crippen molar-refractivity contribution in [2.75, 3.05) is 11.1 Å². The molecule has 0 atom stereocenters. The second-order valence-electron chi connectivity index (χ2n) is 4.34. The van der Waals surface area contributed by atoms with Crippen molar-refractivity contribution in [2.45, 2.75) is 0 Å². The number of carboxylic acids is 1. The van der Waals surface area contributed by atoms with E-state index in [-0.39, 0.29) is 5.57 Å². The number of rotatable bonds is 4. The molecule has 0 aliphatic carbocycles. The van der Waals surface area contributed by atoms with Gasteiger partial charge >= 0.3 is 5.97 Å². The lowest BCUT2D eigenvalue weighted by molar-refractivity contribution is -0.130. The minimum atomic E-state index is -1.16. The Bertz CT molecular complexity index is 676. The van der Waals surface area contributed by atoms with E-state index in [1.54, 1.807) is 54.6 Å². The molecular weight excluding hydrogens is 268 g/mol. The zero-order valence-corrected chi connectivity index (χ0v) is 11.1. The number of carbonyl (C=O) groups excluding carboxylic acids is 1. The fourth-order valence-electron chi connectivity index (χ4n) is 1.76. The number of benzene rings is 2. The Balaban J connectivity index is 2.20. The van der Waals surface area contributed by atoms with Gasteiger partial charge in [-0.3, -0.25) is 4.79 Å². The Morgan fingerprint density at radius 2 is 1.62 bits per heavy atom. The molecule has 0 heterocycles. The van der Waals surface area contributed by atoms with Crippen LogP contribution in [0.5, 0.6) is 0 Å². The van der Waals surface area contributed by atoms with Crippen LogP contribution in [0.3, 0.4) is 0 Å². The number of aliphatic carboxylic acids is 1. The van der Waals surface area contributed by atoms with Crippen molar-refractivity contribution in [1.29, 1.82) is 0 Å². The second kappa shape index (κ2) is 6.38. The lowest BCUT2D eigenvalue weighted by atomic mass is 10.1. The van der Waals surface area contributed by atoms with Gasteiger partial charge in [0.15, 0.2) is 0 Å². The normalized spacial score (nSPS) is 11.0. The van der Waals surface area contributed by atoms with E-state index in [1.807, 2.05) is 0 Å². The van der Waals surface area contributed by atoms with E-state index in [9.17, 15) is 14.7 Å². The first-order valence-corrected chi connectivity index (χ1v) is 6.23. The van der Waals surface area contributed by atoms with Crippen LogP contribution in [0.4, 0.5) is 11.4 Å². The number of carboxylic acid groups (broad SMARTS) is 1. The topological polar surface area (TPSA) is 92.4 Å². The molecule has 0 aliphatic rings. The number of nitrogens with two attached hydrogens (primary N) is 1. The number of anilines is 2. The maximum atomic E-state index is 11.9. The van der Waals surface area contributed by atoms with E-state index in [0.29, 0.717) is 16.9 Å². The first kappa shape index (κ1) is 14.3. The molecule has 0 unspecified atom stereocenters. The number of hydrogen-bond acceptors (Lipinski definition) is 3. The summed E-state index contributed by atoms with van der Waals surface area (Å²) in [6.45, 7) is 0. The Morgan fingerprint density at radius 1 is 1.00 bits per heavy atom. The van der Waals surface area contributed by atoms with Gasteiger partial charge in [0.25, 0.3) is 0 Å². The summed E-state index contributed by atoms with van der Waals surface area (Å²) in [5.41, 5.74) is 7.08. The highest BCUT2D eigenvalue weighted by Gasteiger charge is 2.12. The molecule has 21 heavy (non-hydrogen) atoms. The minimum absolute atomic E-state index is 0.0662. The first-order valence-electron chi connectivity index (χ1n) is 6.23. The van der Waals surface area contributed by atoms with Gasteiger partial charge in [0.05, 0.1) is 5.57 Å². The fraction of sp³-hybridized carbons (Fsp3) is 0. The summed E-state index contributed by atoms with van der Waals surface area (Å²) in [7, 11) is 0. The van der Waals surface area contributed by atoms with Gasteiger partial charge in [-0.05, 0) is 29.8 Å². The van der Waals surface area contributed by atoms with Crippen LogP contribution in [0.2, 0.25) is 0 Å². The lowest BCUT2D eigenvalue weighted by Gasteiger charge is -2.05. The molecule has 2 aromatic carbocycles. The third-order valence-electron chi connectivity index (χ3n) is 2.77. The Morgan fingerprint density at radius 3 is 2.19 bits per heavy atom. The molecule has 0 radical (unpaired) electrons. The van der Waals surface area contributed by atoms with Crippen LogP contribution in [0.15, 0.2) is 60.7 Å². The van der Waals surface area contributed by atoms with Crippen molar-refractivity contribution in [1.82, 2.24) is 0 Å². The first-order chi connectivity index (χ1) is 10.1. The highest BCUT2D eigenvalue weighted by Crippen LogP contribution is 2.15. The third-order valence-corrected chi connectivity index (χ3v) is 2.77. The zero-order valence-electron chi connectivity index (χ0n) is 11.1. The average Bonchev–Trinajstić information content (AvgIpc) is 2.48. The van der Waals surface area contributed by atoms with Gasteiger partial charge < -0.3 is 16.2 Å². The molecule has 2 rings (SSSR count). The molecule has 106 valence electrons. The van der Waals surface area contributed by atoms with E-state index in [2.05, 4.69) is 5.32 Å². The average molecular weight is 282 g/mol. The minimum Gasteiger partial charge on any atom is -0.478 e. The highest BCUT2D eigenvalue weighted by atomic mass is 16.4. The van der Waals surface area contributed by atoms with Crippen molar-refractivity contribution in [3.8, 4) is 0 Å². The molecule has 0 saturated carbocycles. The van der Waals surface area contributed by atoms with E-state index in [1.165, 1.54) is 0 Å². The molecule has 0 fully saturated rings. The van der Waals surface area contributed by atoms with Crippen molar-refractivity contribution in [3.05, 3.63) is 66.2 Å². The molecular formula is C16H14N2O3. The maximum Gasteiger partial charge on any atom is 0.336 e. The summed E-state index contributed by atoms with van der Waals surface area (Å²) in [6.07, 6.45) is 1.06. The molecule has 0 bridgehead atoms. The van der Waals surface area contributed by atoms with E-state index in [0.717, 1.165) is 6.08 Å². The molecule has 0 aliphatic heterocycles. The van der Waals surface area contributed by atoms with Gasteiger partial charge in [-0.15, -0.1) is 0 Å². The lowest BCUT2D eigenvalue weighted by Crippen LogP contribution is -2.11. The van der Waals surface area contributed by atoms with Gasteiger partial charge in [0.1, 0.15) is 0 Å². The van der Waals surface area contributed by atoms with Gasteiger partial charge in [0.2, 0.25) is 5.91 Å². The van der Waals surface area contributed by atoms with Gasteiger partial charge in [0, 0.05) is 17.5 Å². The Kier molecular flexibility index (Phi) is 4.36. The Hall–Kier alpha value is -3.08. The number of carbonyl (C=O) groups is 2. The molecule has 0 saturated heterocycles. The van der Waals surface area contributed by atoms with Crippen molar-refractivity contribution >= 4 is 28.8 Å². The molecule has 0 aromatic heterocycles. The SMILES string of the molecule is Nc1ccc(NC(=O)/C=C(/C(=O)O)c2ccccc2)cc1. The fourth-order valence-corrected chi connectivity index (χ4v) is 1.76. The van der Waals surface area contributed by atoms with Crippen LogP contribution in [0.1, 0.15) is 5.56 Å². The molecule has 1 amide bonds. The molecule has 2 aromatic rings. The predicted molar refractivity (Wildman–Crippen MR) is 81.5 cm³/mol. The summed E-state index contributed by atoms with van der Waals surface area (Å²) in [6, 6.07) is 15.1. The third kappa shape index (κ3) is 3.94. The number of amides is 1. The van der Waals surface area contributed by atoms with Crippen molar-refractivity contribution in [2.24, 2.45) is 0 Å². The molecule has 4 N–H and O–H groups in total. The van der Waals surface area contributed by atoms with Gasteiger partial charge in [-0.2, -0.15) is 0 Å².